The summed E-state index contributed by atoms with van der Waals surface area (Å²) in [7, 11) is 0. The predicted molar refractivity (Wildman–Crippen MR) is 111 cm³/mol. The number of hydrogen-bond donors (Lipinski definition) is 1. The maximum Gasteiger partial charge on any atom is 0.251 e. The summed E-state index contributed by atoms with van der Waals surface area (Å²) in [6.07, 6.45) is 0.904. The van der Waals surface area contributed by atoms with Gasteiger partial charge in [-0.3, -0.25) is 9.59 Å². The van der Waals surface area contributed by atoms with Gasteiger partial charge in [-0.25, -0.2) is 4.98 Å². The molecule has 0 radical (unpaired) electrons. The number of ketones is 1. The first-order chi connectivity index (χ1) is 12.8. The van der Waals surface area contributed by atoms with Crippen molar-refractivity contribution in [3.8, 4) is 11.1 Å². The topological polar surface area (TPSA) is 59.1 Å². The van der Waals surface area contributed by atoms with Gasteiger partial charge in [0.05, 0.1) is 10.2 Å². The molecule has 0 saturated carbocycles. The molecule has 0 bridgehead atoms. The minimum absolute atomic E-state index is 0.0554. The Hall–Kier alpha value is -2.53. The second-order valence-corrected chi connectivity index (χ2v) is 8.65. The summed E-state index contributed by atoms with van der Waals surface area (Å²) in [6, 6.07) is 13.5. The van der Waals surface area contributed by atoms with E-state index in [2.05, 4.69) is 10.3 Å². The number of amides is 1. The molecule has 1 heterocycles. The van der Waals surface area contributed by atoms with Crippen molar-refractivity contribution in [1.82, 2.24) is 10.3 Å². The lowest BCUT2D eigenvalue weighted by Crippen LogP contribution is -2.23. The summed E-state index contributed by atoms with van der Waals surface area (Å²) in [5.41, 5.74) is 2.94. The molecule has 2 aromatic carbocycles. The van der Waals surface area contributed by atoms with E-state index in [1.807, 2.05) is 70.2 Å². The molecular formula is C22H24N2O2S. The number of rotatable bonds is 5. The van der Waals surface area contributed by atoms with E-state index in [1.54, 1.807) is 0 Å². The summed E-state index contributed by atoms with van der Waals surface area (Å²) in [4.78, 5) is 29.3. The Balaban J connectivity index is 1.94. The van der Waals surface area contributed by atoms with E-state index in [1.165, 1.54) is 11.3 Å². The van der Waals surface area contributed by atoms with Crippen LogP contribution in [0.15, 0.2) is 42.5 Å². The van der Waals surface area contributed by atoms with Gasteiger partial charge in [-0.05, 0) is 41.8 Å². The van der Waals surface area contributed by atoms with Gasteiger partial charge in [0.2, 0.25) is 0 Å². The summed E-state index contributed by atoms with van der Waals surface area (Å²) in [5, 5.41) is 3.44. The summed E-state index contributed by atoms with van der Waals surface area (Å²) in [5.74, 6) is -0.00802. The highest BCUT2D eigenvalue weighted by molar-refractivity contribution is 7.20. The molecule has 0 saturated heterocycles. The minimum atomic E-state index is -0.448. The number of Topliss-reactive ketones (excluding diaryl/α,β-unsaturated/α-hetero) is 1. The number of hydrogen-bond acceptors (Lipinski definition) is 4. The smallest absolute Gasteiger partial charge is 0.251 e. The number of benzene rings is 2. The van der Waals surface area contributed by atoms with Gasteiger partial charge < -0.3 is 5.32 Å². The fraction of sp³-hybridized carbons (Fsp3) is 0.318. The van der Waals surface area contributed by atoms with Crippen molar-refractivity contribution in [3.05, 3.63) is 53.0 Å². The van der Waals surface area contributed by atoms with Crippen molar-refractivity contribution in [3.63, 3.8) is 0 Å². The largest absolute Gasteiger partial charge is 0.352 e. The van der Waals surface area contributed by atoms with E-state index in [0.717, 1.165) is 27.8 Å². The Kier molecular flexibility index (Phi) is 5.42. The van der Waals surface area contributed by atoms with Crippen molar-refractivity contribution in [1.29, 1.82) is 0 Å². The first-order valence-corrected chi connectivity index (χ1v) is 9.95. The van der Waals surface area contributed by atoms with Gasteiger partial charge in [0.15, 0.2) is 10.8 Å². The van der Waals surface area contributed by atoms with Crippen LogP contribution in [-0.4, -0.2) is 23.2 Å². The Morgan fingerprint density at radius 3 is 2.52 bits per heavy atom. The summed E-state index contributed by atoms with van der Waals surface area (Å²) in [6.45, 7) is 8.41. The van der Waals surface area contributed by atoms with Crippen LogP contribution in [-0.2, 0) is 0 Å². The quantitative estimate of drug-likeness (QED) is 0.609. The standard InChI is InChI=1S/C22H24N2O2S/c1-5-11-23-20(26)16-8-6-7-14(12-16)15-9-10-18-17(13-15)24-21(27-18)19(25)22(2,3)4/h6-10,12-13H,5,11H2,1-4H3,(H,23,26). The molecule has 0 spiro atoms. The van der Waals surface area contributed by atoms with Gasteiger partial charge in [0.25, 0.3) is 5.91 Å². The van der Waals surface area contributed by atoms with Gasteiger partial charge in [-0.15, -0.1) is 11.3 Å². The number of aromatic nitrogens is 1. The van der Waals surface area contributed by atoms with Gasteiger partial charge in [-0.1, -0.05) is 45.9 Å². The maximum absolute atomic E-state index is 12.5. The first-order valence-electron chi connectivity index (χ1n) is 9.13. The molecule has 3 rings (SSSR count). The molecule has 0 aliphatic carbocycles. The summed E-state index contributed by atoms with van der Waals surface area (Å²) < 4.78 is 0.989. The van der Waals surface area contributed by atoms with Crippen LogP contribution in [0.4, 0.5) is 0 Å². The average Bonchev–Trinajstić information content (AvgIpc) is 3.07. The van der Waals surface area contributed by atoms with Gasteiger partial charge in [0, 0.05) is 17.5 Å². The third kappa shape index (κ3) is 4.25. The van der Waals surface area contributed by atoms with Crippen LogP contribution >= 0.6 is 11.3 Å². The summed E-state index contributed by atoms with van der Waals surface area (Å²) >= 11 is 1.43. The van der Waals surface area contributed by atoms with Crippen LogP contribution < -0.4 is 5.32 Å². The van der Waals surface area contributed by atoms with Crippen LogP contribution in [0.25, 0.3) is 21.3 Å². The monoisotopic (exact) mass is 380 g/mol. The highest BCUT2D eigenvalue weighted by atomic mass is 32.1. The predicted octanol–water partition coefficient (Wildman–Crippen LogP) is 5.33. The highest BCUT2D eigenvalue weighted by Crippen LogP contribution is 2.31. The second-order valence-electron chi connectivity index (χ2n) is 7.62. The molecular weight excluding hydrogens is 356 g/mol. The van der Waals surface area contributed by atoms with Crippen LogP contribution in [0.1, 0.15) is 54.3 Å². The Morgan fingerprint density at radius 1 is 1.07 bits per heavy atom. The number of nitrogens with zero attached hydrogens (tertiary/aromatic N) is 1. The lowest BCUT2D eigenvalue weighted by molar-refractivity contribution is 0.0857. The highest BCUT2D eigenvalue weighted by Gasteiger charge is 2.26. The molecule has 1 N–H and O–H groups in total. The van der Waals surface area contributed by atoms with Crippen molar-refractivity contribution in [2.45, 2.75) is 34.1 Å². The maximum atomic E-state index is 12.5. The molecule has 1 amide bonds. The third-order valence-corrected chi connectivity index (χ3v) is 5.29. The van der Waals surface area contributed by atoms with Gasteiger partial charge >= 0.3 is 0 Å². The fourth-order valence-corrected chi connectivity index (χ4v) is 3.80. The number of carbonyl (C=O) groups is 2. The van der Waals surface area contributed by atoms with E-state index in [-0.39, 0.29) is 11.7 Å². The zero-order valence-electron chi connectivity index (χ0n) is 16.1. The molecule has 0 aliphatic rings. The molecule has 27 heavy (non-hydrogen) atoms. The van der Waals surface area contributed by atoms with E-state index in [0.29, 0.717) is 17.1 Å². The van der Waals surface area contributed by atoms with Crippen LogP contribution in [0, 0.1) is 5.41 Å². The molecule has 3 aromatic rings. The van der Waals surface area contributed by atoms with Gasteiger partial charge in [0.1, 0.15) is 0 Å². The molecule has 0 fully saturated rings. The van der Waals surface area contributed by atoms with Crippen molar-refractivity contribution < 1.29 is 9.59 Å². The molecule has 140 valence electrons. The Bertz CT molecular complexity index is 999. The number of carbonyl (C=O) groups excluding carboxylic acids is 2. The van der Waals surface area contributed by atoms with E-state index < -0.39 is 5.41 Å². The second kappa shape index (κ2) is 7.61. The van der Waals surface area contributed by atoms with Gasteiger partial charge in [-0.2, -0.15) is 0 Å². The molecule has 0 unspecified atom stereocenters. The van der Waals surface area contributed by atoms with E-state index in [4.69, 9.17) is 0 Å². The number of nitrogens with one attached hydrogen (secondary N) is 1. The molecule has 0 atom stereocenters. The molecule has 4 nitrogen and oxygen atoms in total. The van der Waals surface area contributed by atoms with Crippen LogP contribution in [0.5, 0.6) is 0 Å². The molecule has 1 aromatic heterocycles. The molecule has 5 heteroatoms. The average molecular weight is 381 g/mol. The normalized spacial score (nSPS) is 11.6. The lowest BCUT2D eigenvalue weighted by atomic mass is 9.91. The van der Waals surface area contributed by atoms with E-state index in [9.17, 15) is 9.59 Å². The Morgan fingerprint density at radius 2 is 1.81 bits per heavy atom. The van der Waals surface area contributed by atoms with Crippen LogP contribution in [0.3, 0.4) is 0 Å². The lowest BCUT2D eigenvalue weighted by Gasteiger charge is -2.13. The Labute approximate surface area is 163 Å². The fourth-order valence-electron chi connectivity index (χ4n) is 2.71. The zero-order chi connectivity index (χ0) is 19.6. The van der Waals surface area contributed by atoms with Crippen molar-refractivity contribution in [2.24, 2.45) is 5.41 Å². The van der Waals surface area contributed by atoms with Crippen LogP contribution in [0.2, 0.25) is 0 Å². The number of fused-ring (bicyclic) bond motifs is 1. The van der Waals surface area contributed by atoms with E-state index >= 15 is 0 Å². The number of thiazole rings is 1. The first kappa shape index (κ1) is 19.2. The SMILES string of the molecule is CCCNC(=O)c1cccc(-c2ccc3sc(C(=O)C(C)(C)C)nc3c2)c1. The zero-order valence-corrected chi connectivity index (χ0v) is 16.9. The molecule has 0 aliphatic heterocycles. The minimum Gasteiger partial charge on any atom is -0.352 e. The third-order valence-electron chi connectivity index (χ3n) is 4.26. The van der Waals surface area contributed by atoms with Crippen molar-refractivity contribution in [2.75, 3.05) is 6.54 Å². The van der Waals surface area contributed by atoms with Crippen molar-refractivity contribution >= 4 is 33.2 Å².